The average molecular weight is 1780 g/mol. The van der Waals surface area contributed by atoms with Crippen LogP contribution in [0.4, 0.5) is 0 Å². The number of carboxylic acids is 2. The summed E-state index contributed by atoms with van der Waals surface area (Å²) in [7, 11) is 3.98. The third-order valence-corrected chi connectivity index (χ3v) is 23.2. The highest BCUT2D eigenvalue weighted by Gasteiger charge is 2.46. The number of phenolic OH excluding ortho intramolecular Hbond substituents is 1. The second kappa shape index (κ2) is 47.6. The molecule has 40 nitrogen and oxygen atoms in total. The predicted octanol–water partition coefficient (Wildman–Crippen LogP) is -0.523. The van der Waals surface area contributed by atoms with Gasteiger partial charge in [-0.2, -0.15) is 0 Å². The number of hydrogen-bond donors (Lipinski definition) is 17. The number of fused-ring (bicyclic) bond motifs is 4. The molecule has 3 aliphatic rings. The van der Waals surface area contributed by atoms with E-state index in [2.05, 4.69) is 52.8 Å². The molecule has 128 heavy (non-hydrogen) atoms. The van der Waals surface area contributed by atoms with Crippen molar-refractivity contribution >= 4 is 128 Å². The Kier molecular flexibility index (Phi) is 37.4. The number of nitrogens with zero attached hydrogens (tertiary/aromatic N) is 6. The van der Waals surface area contributed by atoms with Crippen LogP contribution in [-0.2, 0) is 101 Å². The van der Waals surface area contributed by atoms with Gasteiger partial charge in [-0.05, 0) is 119 Å². The van der Waals surface area contributed by atoms with Gasteiger partial charge in [-0.3, -0.25) is 81.5 Å². The highest BCUT2D eigenvalue weighted by molar-refractivity contribution is 6.07. The fraction of sp³-hybridized carbons (Fsp3) is 0.534. The molecule has 20 N–H and O–H groups in total. The van der Waals surface area contributed by atoms with Crippen molar-refractivity contribution in [2.45, 2.75) is 242 Å². The molecular formula is C88H123N19O21. The Hall–Kier alpha value is -12.9. The Labute approximate surface area is 741 Å². The van der Waals surface area contributed by atoms with Gasteiger partial charge in [-0.1, -0.05) is 102 Å². The number of nitrogens with one attached hydrogen (secondary N) is 10. The highest BCUT2D eigenvalue weighted by Crippen LogP contribution is 2.29. The third kappa shape index (κ3) is 27.3. The van der Waals surface area contributed by atoms with Crippen molar-refractivity contribution < 1.29 is 102 Å². The van der Waals surface area contributed by atoms with Gasteiger partial charge in [0.25, 0.3) is 5.91 Å². The molecule has 5 heterocycles. The van der Waals surface area contributed by atoms with Crippen LogP contribution in [0.2, 0.25) is 0 Å². The lowest BCUT2D eigenvalue weighted by molar-refractivity contribution is -0.147. The van der Waals surface area contributed by atoms with Crippen LogP contribution in [-0.4, -0.2) is 287 Å². The second-order valence-corrected chi connectivity index (χ2v) is 33.3. The molecular weight excluding hydrogens is 1660 g/mol. The Morgan fingerprint density at radius 3 is 1.85 bits per heavy atom. The number of carbonyl (C=O) groups is 17. The lowest BCUT2D eigenvalue weighted by atomic mass is 10.0. The van der Waals surface area contributed by atoms with Crippen molar-refractivity contribution in [1.29, 1.82) is 0 Å². The third-order valence-electron chi connectivity index (χ3n) is 23.2. The van der Waals surface area contributed by atoms with Crippen molar-refractivity contribution in [2.24, 2.45) is 23.1 Å². The number of aliphatic hydroxyl groups excluding tert-OH is 1. The van der Waals surface area contributed by atoms with E-state index in [4.69, 9.17) is 17.2 Å². The number of nitrogens with two attached hydrogens (primary N) is 3. The first-order valence-corrected chi connectivity index (χ1v) is 43.4. The summed E-state index contributed by atoms with van der Waals surface area (Å²) in [5, 5.41) is 66.5. The summed E-state index contributed by atoms with van der Waals surface area (Å²) >= 11 is 0. The maximum absolute atomic E-state index is 15.8. The van der Waals surface area contributed by atoms with E-state index >= 15 is 28.8 Å². The van der Waals surface area contributed by atoms with Gasteiger partial charge in [-0.15, -0.1) is 0 Å². The summed E-state index contributed by atoms with van der Waals surface area (Å²) in [5.74, 6) is -16.8. The fourth-order valence-corrected chi connectivity index (χ4v) is 16.1. The predicted molar refractivity (Wildman–Crippen MR) is 468 cm³/mol. The number of primary amides is 1. The zero-order valence-corrected chi connectivity index (χ0v) is 73.6. The molecule has 3 aliphatic heterocycles. The van der Waals surface area contributed by atoms with Crippen LogP contribution < -0.4 is 65.1 Å². The molecule has 2 aromatic heterocycles. The molecule has 15 amide bonds. The number of aromatic amines is 1. The van der Waals surface area contributed by atoms with Crippen LogP contribution in [0.3, 0.4) is 0 Å². The number of hydrogen-bond acceptors (Lipinski definition) is 21. The summed E-state index contributed by atoms with van der Waals surface area (Å²) in [4.78, 5) is 254. The number of H-pyrrole nitrogens is 1. The molecule has 3 saturated heterocycles. The number of aromatic hydroxyl groups is 1. The summed E-state index contributed by atoms with van der Waals surface area (Å²) in [5.41, 5.74) is 19.7. The van der Waals surface area contributed by atoms with Crippen LogP contribution in [0.5, 0.6) is 5.75 Å². The largest absolute Gasteiger partial charge is 0.508 e. The van der Waals surface area contributed by atoms with E-state index in [1.54, 1.807) is 54.7 Å². The van der Waals surface area contributed by atoms with Gasteiger partial charge in [0.1, 0.15) is 90.5 Å². The Bertz CT molecular complexity index is 4880. The number of phenols is 1. The number of rotatable bonds is 23. The highest BCUT2D eigenvalue weighted by atomic mass is 16.4. The van der Waals surface area contributed by atoms with Crippen LogP contribution in [0.1, 0.15) is 160 Å². The first kappa shape index (κ1) is 101. The van der Waals surface area contributed by atoms with E-state index in [1.165, 1.54) is 74.1 Å². The van der Waals surface area contributed by atoms with Crippen molar-refractivity contribution in [3.8, 4) is 5.75 Å². The van der Waals surface area contributed by atoms with Crippen molar-refractivity contribution in [3.63, 3.8) is 0 Å². The summed E-state index contributed by atoms with van der Waals surface area (Å²) in [6, 6.07) is 0.983. The number of unbranched alkanes of at least 4 members (excludes halogenated alkanes) is 2. The standard InChI is InChI=1S/C88H123N19O21/c1-9-11-23-68-81(121)97-61(38-49(3)4)77(117)92-36-18-17-27-73(111)94-63(39-51-28-30-54(108)31-29-51)84(124)102(6)50(5)76(116)99-65(43-72(91)110)87(127)106-37-19-26-69(106)82(122)101-66(44-90)80(120)96-60(32-33-74(112)113)86(126)107-47-55(109)42-71(107)83(123)98-62(40-52-45-93-58-22-15-13-20-56(52)58)79(119)95-59(34-35-89)78(118)100-64(85(125)104(8)70(24-12-10-2)88(128)103(68)7)41-53-46-105(48-75(114)115)67-25-16-14-21-57(53)67/h13-16,20-22,25,28-31,41,45-46,49-50,55,59-63,65-66,68-71,93,108-109H,9-12,17-19,23-24,26-27,32-40,42-44,47-48,89-90H2,1-8H3,(H2,91,110)(H,92,117)(H,94,111)(H,95,119)(H,96,120)(H,97,121)(H,98,123)(H,99,116)(H,100,118)(H,101,122)(H,112,113)(H,114,115)/b64-41-/t50-,55+,59-,60-,61-,62-,63-,65-,66-,68-,69-,70-,71-/m0/s1. The zero-order valence-electron chi connectivity index (χ0n) is 73.6. The normalized spacial score (nSPS) is 24.7. The van der Waals surface area contributed by atoms with Gasteiger partial charge in [0.15, 0.2) is 0 Å². The average Bonchev–Trinajstić information content (AvgIpc) is 1.61. The minimum Gasteiger partial charge on any atom is -0.508 e. The molecule has 40 heteroatoms. The maximum atomic E-state index is 15.8. The number of para-hydroxylation sites is 2. The summed E-state index contributed by atoms with van der Waals surface area (Å²) in [6.45, 7) is 6.47. The molecule has 0 unspecified atom stereocenters. The van der Waals surface area contributed by atoms with Gasteiger partial charge in [0.2, 0.25) is 82.7 Å². The number of benzene rings is 3. The van der Waals surface area contributed by atoms with Crippen molar-refractivity contribution in [2.75, 3.05) is 53.9 Å². The first-order valence-electron chi connectivity index (χ1n) is 43.4. The van der Waals surface area contributed by atoms with Crippen LogP contribution in [0.25, 0.3) is 27.9 Å². The quantitative estimate of drug-likeness (QED) is 0.0366. The minimum atomic E-state index is -1.83. The van der Waals surface area contributed by atoms with Crippen molar-refractivity contribution in [3.05, 3.63) is 108 Å². The number of amides is 15. The van der Waals surface area contributed by atoms with E-state index < -0.39 is 230 Å². The number of carboxylic acid groups (broad SMARTS) is 2. The minimum absolute atomic E-state index is 0.00310. The molecule has 0 radical (unpaired) electrons. The number of likely N-dealkylation sites (N-methyl/N-ethyl adjacent to an activating group) is 3. The number of aliphatic carboxylic acids is 2. The molecule has 3 fully saturated rings. The Morgan fingerprint density at radius 2 is 1.20 bits per heavy atom. The molecule has 3 aromatic carbocycles. The lowest BCUT2D eigenvalue weighted by Crippen LogP contribution is -2.61. The van der Waals surface area contributed by atoms with Crippen molar-refractivity contribution in [1.82, 2.24) is 81.9 Å². The van der Waals surface area contributed by atoms with Gasteiger partial charge in [0.05, 0.1) is 12.5 Å². The maximum Gasteiger partial charge on any atom is 0.323 e. The molecule has 5 aromatic rings. The van der Waals surface area contributed by atoms with Crippen LogP contribution in [0.15, 0.2) is 90.9 Å². The number of aliphatic hydroxyl groups is 1. The molecule has 0 aliphatic carbocycles. The molecule has 0 bridgehead atoms. The molecule has 8 rings (SSSR count). The smallest absolute Gasteiger partial charge is 0.323 e. The monoisotopic (exact) mass is 1780 g/mol. The van der Waals surface area contributed by atoms with E-state index in [1.807, 2.05) is 27.7 Å². The Balaban J connectivity index is 1.18. The summed E-state index contributed by atoms with van der Waals surface area (Å²) in [6.07, 6.45) is 1.62. The van der Waals surface area contributed by atoms with E-state index in [9.17, 15) is 73.2 Å². The topological polar surface area (TPSA) is 594 Å². The zero-order chi connectivity index (χ0) is 93.9. The molecule has 0 saturated carbocycles. The van der Waals surface area contributed by atoms with Gasteiger partial charge in [-0.25, -0.2) is 0 Å². The first-order chi connectivity index (χ1) is 60.9. The second-order valence-electron chi connectivity index (χ2n) is 33.3. The fourth-order valence-electron chi connectivity index (χ4n) is 16.1. The summed E-state index contributed by atoms with van der Waals surface area (Å²) < 4.78 is 1.40. The Morgan fingerprint density at radius 1 is 0.578 bits per heavy atom. The number of aromatic nitrogens is 2. The van der Waals surface area contributed by atoms with Crippen LogP contribution in [0, 0.1) is 5.92 Å². The SMILES string of the molecule is CCCC[C@H]1C(=O)N(C)[C@@H](CCCC)C(=O)N[C@@H](CC(C)C)C(=O)NCCCCC(=O)N[C@@H](Cc2ccc(O)cc2)C(=O)N(C)[C@@H](C)C(=O)N[C@@H](CC(N)=O)C(=O)N2CCC[C@H]2C(=O)N[C@@H](CN)C(=O)N[C@@H](CCC(=O)O)C(=O)N2C[C@H](O)C[C@H]2C(=O)N[C@@H](Cc2c[nH]c3ccccc23)C(=O)N[C@@H](CCN)C(=O)N/C(=C\c2cn(CC(=O)O)c3ccccc23)C(=O)N1C. The van der Waals surface area contributed by atoms with Gasteiger partial charge >= 0.3 is 11.9 Å². The van der Waals surface area contributed by atoms with E-state index in [-0.39, 0.29) is 107 Å². The molecule has 0 spiro atoms. The number of carbonyl (C=O) groups excluding carboxylic acids is 15. The van der Waals surface area contributed by atoms with Gasteiger partial charge < -0.3 is 120 Å². The van der Waals surface area contributed by atoms with Crippen LogP contribution >= 0.6 is 0 Å². The lowest BCUT2D eigenvalue weighted by Gasteiger charge is -2.35. The molecule has 13 atom stereocenters. The van der Waals surface area contributed by atoms with E-state index in [0.717, 1.165) is 19.6 Å². The van der Waals surface area contributed by atoms with E-state index in [0.29, 0.717) is 58.6 Å². The van der Waals surface area contributed by atoms with Gasteiger partial charge in [0, 0.05) is 119 Å². The molecule has 696 valence electrons.